The van der Waals surface area contributed by atoms with Crippen LogP contribution in [0.3, 0.4) is 0 Å². The summed E-state index contributed by atoms with van der Waals surface area (Å²) in [6.07, 6.45) is 26.4. The molecule has 0 saturated heterocycles. The van der Waals surface area contributed by atoms with Gasteiger partial charge in [-0.2, -0.15) is 0 Å². The van der Waals surface area contributed by atoms with Crippen LogP contribution in [-0.4, -0.2) is 97.3 Å². The van der Waals surface area contributed by atoms with E-state index in [1.807, 2.05) is 0 Å². The Morgan fingerprint density at radius 3 is 1.14 bits per heavy atom. The average molecular weight is 1430 g/mol. The van der Waals surface area contributed by atoms with Gasteiger partial charge in [0.05, 0.1) is 91.2 Å². The summed E-state index contributed by atoms with van der Waals surface area (Å²) in [6, 6.07) is 7.00. The zero-order chi connectivity index (χ0) is 65.7. The summed E-state index contributed by atoms with van der Waals surface area (Å²) in [5, 5.41) is 16.4. The first kappa shape index (κ1) is 73.0. The molecule has 15 nitrogen and oxygen atoms in total. The van der Waals surface area contributed by atoms with E-state index in [2.05, 4.69) is 0 Å². The van der Waals surface area contributed by atoms with Crippen molar-refractivity contribution >= 4 is 83.2 Å². The topological polar surface area (TPSA) is 244 Å². The normalized spacial score (nSPS) is 36.0. The van der Waals surface area contributed by atoms with Crippen molar-refractivity contribution in [2.24, 2.45) is 87.3 Å². The van der Waals surface area contributed by atoms with Gasteiger partial charge in [0.2, 0.25) is 0 Å². The first-order valence-corrected chi connectivity index (χ1v) is 39.4. The van der Waals surface area contributed by atoms with Crippen LogP contribution in [0.2, 0.25) is 15.1 Å². The van der Waals surface area contributed by atoms with Crippen molar-refractivity contribution in [3.63, 3.8) is 0 Å². The van der Waals surface area contributed by atoms with Gasteiger partial charge in [-0.3, -0.25) is 18.6 Å². The molecule has 3 aromatic rings. The zero-order valence-electron chi connectivity index (χ0n) is 54.1. The van der Waals surface area contributed by atoms with Crippen molar-refractivity contribution in [2.75, 3.05) is 26.9 Å². The van der Waals surface area contributed by atoms with Crippen LogP contribution in [0.1, 0.15) is 173 Å². The molecule has 95 heavy (non-hydrogen) atoms. The van der Waals surface area contributed by atoms with Crippen LogP contribution >= 0.6 is 34.8 Å². The van der Waals surface area contributed by atoms with Gasteiger partial charge in [0, 0.05) is 34.4 Å². The molecule has 0 aliphatic heterocycles. The van der Waals surface area contributed by atoms with Crippen molar-refractivity contribution in [1.82, 2.24) is 0 Å². The van der Waals surface area contributed by atoms with Gasteiger partial charge in [-0.1, -0.05) is 54.1 Å². The number of hydrogen-bond acceptors (Lipinski definition) is 13. The summed E-state index contributed by atoms with van der Waals surface area (Å²) < 4.78 is 133. The molecule has 7 atom stereocenters. The van der Waals surface area contributed by atoms with Crippen LogP contribution in [0, 0.1) is 105 Å². The molecule has 0 amide bonds. The number of sulfone groups is 2. The molecular weight excluding hydrogens is 1350 g/mol. The first-order valence-electron chi connectivity index (χ1n) is 34.0. The molecule has 18 rings (SSSR count). The maximum atomic E-state index is 15.0. The number of hydrogen-bond donors (Lipinski definition) is 2. The molecule has 0 aromatic heterocycles. The molecule has 0 heterocycles. The third-order valence-electron chi connectivity index (χ3n) is 24.5. The Balaban J connectivity index is 0.000000144. The van der Waals surface area contributed by atoms with Crippen LogP contribution in [-0.2, 0) is 49.6 Å². The summed E-state index contributed by atoms with van der Waals surface area (Å²) >= 11 is 19.1. The van der Waals surface area contributed by atoms with Gasteiger partial charge in [-0.25, -0.2) is 30.0 Å². The predicted molar refractivity (Wildman–Crippen MR) is 346 cm³/mol. The van der Waals surface area contributed by atoms with Gasteiger partial charge in [0.15, 0.2) is 19.7 Å². The first-order chi connectivity index (χ1) is 44.2. The number of rotatable bonds is 18. The third kappa shape index (κ3) is 14.8. The second-order valence-corrected chi connectivity index (χ2v) is 38.2. The number of ether oxygens (including phenoxy) is 4. The molecule has 15 saturated carbocycles. The Morgan fingerprint density at radius 1 is 0.484 bits per heavy atom. The van der Waals surface area contributed by atoms with Crippen LogP contribution in [0.4, 0.5) is 13.2 Å². The van der Waals surface area contributed by atoms with E-state index in [-0.39, 0.29) is 84.9 Å². The second-order valence-electron chi connectivity index (χ2n) is 31.1. The Morgan fingerprint density at radius 2 is 0.789 bits per heavy atom. The number of carboxylic acids is 2. The van der Waals surface area contributed by atoms with Gasteiger partial charge in [0.25, 0.3) is 0 Å². The number of carbonyl (C=O) groups is 3. The van der Waals surface area contributed by atoms with E-state index in [1.165, 1.54) is 96.3 Å². The fourth-order valence-electron chi connectivity index (χ4n) is 21.8. The summed E-state index contributed by atoms with van der Waals surface area (Å²) in [5.41, 5.74) is 0.448. The number of methoxy groups -OCH3 is 1. The third-order valence-corrected chi connectivity index (χ3v) is 31.8. The van der Waals surface area contributed by atoms with Gasteiger partial charge in [-0.05, 0) is 226 Å². The summed E-state index contributed by atoms with van der Waals surface area (Å²) in [4.78, 5) is 33.9. The molecule has 12 bridgehead atoms. The predicted octanol–water partition coefficient (Wildman–Crippen LogP) is 12.6. The summed E-state index contributed by atoms with van der Waals surface area (Å²) in [7, 11) is -8.75. The molecular formula is C70H87Cl3F3LiO15S3. The van der Waals surface area contributed by atoms with Crippen LogP contribution < -0.4 is 33.1 Å². The quantitative estimate of drug-likeness (QED) is 0.0888. The standard InChI is InChI=1S/C24H30ClFO5S.C23H28ClFO5S.C23H28ClFO4S.Li.H2O/c1-30-23(27)17-3-2-4-21(17)32(28,29)22-8-18(25)20(9-19(22)26)31-13-24-10-14-5-15(11-24)7-16(6-14)12-24;24-17-7-21(31(28,29)20-3-1-2-16(20)22(26)27)18(25)8-19(17)30-12-23-9-13-4-14(10-23)6-15(5-13)11-23;24-17-7-21(30(28)20-3-1-2-16(20)22(26)27)18(25)8-19(17)29-12-23-9-13-4-14(10-23)6-15(5-13)11-23;;/h8-9,14-17,21H,2-7,10-13H2,1H3;7-8,13-16,20H,1-6,9-12H2,(H,26,27);7-8,13-16,20H,1-6,9-12H2,(H,26,27);;1H2/q;;;+1;/p-1/t;13?,14?,15?,16-,20-,23?;13?,14?,15?,16-,20-,23?,30-;;/m.11../s1. The molecule has 15 aliphatic carbocycles. The van der Waals surface area contributed by atoms with Crippen molar-refractivity contribution < 1.29 is 102 Å². The SMILES string of the molecule is COC(=O)C1CCCC1S(=O)(=O)c1cc(Cl)c(OCC23CC4CC(CC(C4)C2)C3)cc1F.O=C(O)[C@@H]1CCC[C@H]1S(=O)(=O)c1cc(Cl)c(OCC23CC4CC(CC(C4)C2)C3)cc1F.O=C(O)[C@@H]1CCC[C@H]1[S@@](=O)c1cc(Cl)c(OCC23CC4CC(CC(C4)C2)C3)cc1F.[Li+].[OH-]. The van der Waals surface area contributed by atoms with Crippen LogP contribution in [0.15, 0.2) is 51.1 Å². The minimum atomic E-state index is -4.15. The molecule has 518 valence electrons. The number of aliphatic carboxylic acids is 2. The Labute approximate surface area is 585 Å². The monoisotopic (exact) mass is 1430 g/mol. The Kier molecular flexibility index (Phi) is 22.0. The minimum Gasteiger partial charge on any atom is -0.870 e. The smallest absolute Gasteiger partial charge is 0.870 e. The molecule has 3 N–H and O–H groups in total. The summed E-state index contributed by atoms with van der Waals surface area (Å²) in [6.45, 7) is 1.53. The molecule has 3 aromatic carbocycles. The zero-order valence-corrected chi connectivity index (χ0v) is 58.8. The van der Waals surface area contributed by atoms with E-state index < -0.39 is 109 Å². The number of carboxylic acid groups (broad SMARTS) is 2. The Hall–Kier alpha value is -3.26. The van der Waals surface area contributed by atoms with E-state index in [1.54, 1.807) is 0 Å². The van der Waals surface area contributed by atoms with E-state index in [9.17, 15) is 54.4 Å². The maximum Gasteiger partial charge on any atom is 1.00 e. The minimum absolute atomic E-state index is 0. The molecule has 15 fully saturated rings. The molecule has 2 unspecified atom stereocenters. The molecule has 15 aliphatic rings. The number of carbonyl (C=O) groups excluding carboxylic acids is 1. The van der Waals surface area contributed by atoms with Gasteiger partial charge < -0.3 is 34.6 Å². The van der Waals surface area contributed by atoms with E-state index in [0.29, 0.717) is 70.5 Å². The van der Waals surface area contributed by atoms with Crippen molar-refractivity contribution in [1.29, 1.82) is 0 Å². The largest absolute Gasteiger partial charge is 1.00 e. The van der Waals surface area contributed by atoms with Crippen molar-refractivity contribution in [3.05, 3.63) is 68.9 Å². The van der Waals surface area contributed by atoms with E-state index in [0.717, 1.165) is 116 Å². The van der Waals surface area contributed by atoms with E-state index >= 15 is 4.39 Å². The number of halogens is 6. The van der Waals surface area contributed by atoms with Crippen LogP contribution in [0.5, 0.6) is 17.2 Å². The van der Waals surface area contributed by atoms with Crippen LogP contribution in [0.25, 0.3) is 0 Å². The Bertz CT molecular complexity index is 3570. The van der Waals surface area contributed by atoms with Gasteiger partial charge in [0.1, 0.15) is 44.5 Å². The fourth-order valence-corrected chi connectivity index (χ4v) is 28.6. The van der Waals surface area contributed by atoms with Gasteiger partial charge in [-0.15, -0.1) is 0 Å². The number of benzene rings is 3. The summed E-state index contributed by atoms with van der Waals surface area (Å²) in [5.74, 6) is 0.0741. The van der Waals surface area contributed by atoms with Crippen molar-refractivity contribution in [3.8, 4) is 17.2 Å². The molecule has 0 radical (unpaired) electrons. The molecule has 0 spiro atoms. The van der Waals surface area contributed by atoms with E-state index in [4.69, 9.17) is 53.8 Å². The fraction of sp³-hybridized carbons (Fsp3) is 0.700. The second kappa shape index (κ2) is 28.6. The maximum absolute atomic E-state index is 15.0. The number of esters is 1. The average Bonchev–Trinajstić information content (AvgIpc) is 1.73. The van der Waals surface area contributed by atoms with Gasteiger partial charge >= 0.3 is 36.8 Å². The van der Waals surface area contributed by atoms with Crippen molar-refractivity contribution in [2.45, 2.75) is 204 Å². The molecule has 25 heteroatoms.